The highest BCUT2D eigenvalue weighted by Gasteiger charge is 2.08. The van der Waals surface area contributed by atoms with Gasteiger partial charge in [-0.25, -0.2) is 9.37 Å². The Labute approximate surface area is 104 Å². The summed E-state index contributed by atoms with van der Waals surface area (Å²) in [5.74, 6) is -0.264. The molecule has 0 aliphatic heterocycles. The highest BCUT2D eigenvalue weighted by Crippen LogP contribution is 2.22. The van der Waals surface area contributed by atoms with Crippen LogP contribution in [0.2, 0.25) is 0 Å². The number of benzene rings is 1. The maximum Gasteiger partial charge on any atom is 0.137 e. The van der Waals surface area contributed by atoms with Gasteiger partial charge >= 0.3 is 0 Å². The molecule has 3 nitrogen and oxygen atoms in total. The van der Waals surface area contributed by atoms with Gasteiger partial charge in [-0.2, -0.15) is 0 Å². The average Bonchev–Trinajstić information content (AvgIpc) is 2.81. The van der Waals surface area contributed by atoms with Crippen molar-refractivity contribution in [3.05, 3.63) is 60.2 Å². The zero-order chi connectivity index (χ0) is 12.5. The fourth-order valence-electron chi connectivity index (χ4n) is 1.95. The van der Waals surface area contributed by atoms with Gasteiger partial charge in [0, 0.05) is 24.5 Å². The van der Waals surface area contributed by atoms with Gasteiger partial charge in [-0.05, 0) is 29.8 Å². The molecule has 0 saturated heterocycles. The smallest absolute Gasteiger partial charge is 0.137 e. The predicted octanol–water partition coefficient (Wildman–Crippen LogP) is 2.60. The minimum Gasteiger partial charge on any atom is -0.326 e. The largest absolute Gasteiger partial charge is 0.326 e. The molecule has 0 radical (unpaired) electrons. The molecule has 0 spiro atoms. The van der Waals surface area contributed by atoms with Gasteiger partial charge in [0.15, 0.2) is 0 Å². The molecule has 1 aromatic carbocycles. The van der Waals surface area contributed by atoms with Gasteiger partial charge in [0.2, 0.25) is 0 Å². The van der Waals surface area contributed by atoms with Crippen molar-refractivity contribution in [3.63, 3.8) is 0 Å². The summed E-state index contributed by atoms with van der Waals surface area (Å²) in [6.45, 7) is 0.471. The van der Waals surface area contributed by atoms with E-state index in [1.54, 1.807) is 18.2 Å². The van der Waals surface area contributed by atoms with Crippen molar-refractivity contribution < 1.29 is 4.39 Å². The second-order valence-corrected chi connectivity index (χ2v) is 4.11. The van der Waals surface area contributed by atoms with Gasteiger partial charge in [-0.3, -0.25) is 0 Å². The van der Waals surface area contributed by atoms with Crippen molar-refractivity contribution in [1.82, 2.24) is 9.38 Å². The van der Waals surface area contributed by atoms with Crippen LogP contribution in [0.15, 0.2) is 48.8 Å². The average molecular weight is 241 g/mol. The second-order valence-electron chi connectivity index (χ2n) is 4.11. The molecule has 3 aromatic rings. The molecule has 0 bridgehead atoms. The standard InChI is InChI=1S/C14H12FN3/c15-12-4-2-1-3-11(12)13-9-18-6-5-10(8-16)7-14(18)17-13/h1-7,9H,8,16H2. The van der Waals surface area contributed by atoms with Crippen molar-refractivity contribution in [3.8, 4) is 11.3 Å². The lowest BCUT2D eigenvalue weighted by Crippen LogP contribution is -1.96. The first kappa shape index (κ1) is 10.9. The number of halogens is 1. The molecule has 3 rings (SSSR count). The molecule has 0 amide bonds. The summed E-state index contributed by atoms with van der Waals surface area (Å²) >= 11 is 0. The number of aromatic nitrogens is 2. The van der Waals surface area contributed by atoms with Gasteiger partial charge in [0.05, 0.1) is 5.69 Å². The Morgan fingerprint density at radius 3 is 2.83 bits per heavy atom. The van der Waals surface area contributed by atoms with Crippen LogP contribution < -0.4 is 5.73 Å². The van der Waals surface area contributed by atoms with Crippen LogP contribution in [0.3, 0.4) is 0 Å². The van der Waals surface area contributed by atoms with E-state index in [1.807, 2.05) is 28.9 Å². The Kier molecular flexibility index (Phi) is 2.57. The molecule has 0 atom stereocenters. The van der Waals surface area contributed by atoms with Gasteiger partial charge in [0.1, 0.15) is 11.5 Å². The maximum absolute atomic E-state index is 13.7. The molecule has 0 saturated carbocycles. The maximum atomic E-state index is 13.7. The van der Waals surface area contributed by atoms with Crippen molar-refractivity contribution in [1.29, 1.82) is 0 Å². The fraction of sp³-hybridized carbons (Fsp3) is 0.0714. The van der Waals surface area contributed by atoms with E-state index in [9.17, 15) is 4.39 Å². The number of fused-ring (bicyclic) bond motifs is 1. The Morgan fingerprint density at radius 1 is 1.22 bits per heavy atom. The number of nitrogens with zero attached hydrogens (tertiary/aromatic N) is 2. The Balaban J connectivity index is 2.17. The van der Waals surface area contributed by atoms with Crippen LogP contribution in [-0.4, -0.2) is 9.38 Å². The van der Waals surface area contributed by atoms with E-state index >= 15 is 0 Å². The van der Waals surface area contributed by atoms with Gasteiger partial charge in [0.25, 0.3) is 0 Å². The van der Waals surface area contributed by atoms with Gasteiger partial charge < -0.3 is 10.1 Å². The topological polar surface area (TPSA) is 43.3 Å². The van der Waals surface area contributed by atoms with E-state index in [-0.39, 0.29) is 5.82 Å². The normalized spacial score (nSPS) is 11.0. The minimum absolute atomic E-state index is 0.264. The predicted molar refractivity (Wildman–Crippen MR) is 68.5 cm³/mol. The van der Waals surface area contributed by atoms with Gasteiger partial charge in [-0.1, -0.05) is 12.1 Å². The second kappa shape index (κ2) is 4.23. The number of hydrogen-bond donors (Lipinski definition) is 1. The lowest BCUT2D eigenvalue weighted by Gasteiger charge is -1.96. The highest BCUT2D eigenvalue weighted by atomic mass is 19.1. The zero-order valence-electron chi connectivity index (χ0n) is 9.68. The zero-order valence-corrected chi connectivity index (χ0v) is 9.68. The SMILES string of the molecule is NCc1ccn2cc(-c3ccccc3F)nc2c1. The third kappa shape index (κ3) is 1.76. The molecule has 2 aromatic heterocycles. The summed E-state index contributed by atoms with van der Waals surface area (Å²) in [6.07, 6.45) is 3.70. The van der Waals surface area contributed by atoms with Crippen LogP contribution in [0.25, 0.3) is 16.9 Å². The summed E-state index contributed by atoms with van der Waals surface area (Å²) in [4.78, 5) is 4.42. The molecule has 0 fully saturated rings. The third-order valence-electron chi connectivity index (χ3n) is 2.91. The Hall–Kier alpha value is -2.20. The van der Waals surface area contributed by atoms with Crippen molar-refractivity contribution in [2.45, 2.75) is 6.54 Å². The number of imidazole rings is 1. The van der Waals surface area contributed by atoms with Crippen LogP contribution in [0.1, 0.15) is 5.56 Å². The number of nitrogens with two attached hydrogens (primary N) is 1. The van der Waals surface area contributed by atoms with E-state index in [1.165, 1.54) is 6.07 Å². The van der Waals surface area contributed by atoms with Gasteiger partial charge in [-0.15, -0.1) is 0 Å². The molecule has 2 heterocycles. The lowest BCUT2D eigenvalue weighted by atomic mass is 10.1. The first-order valence-corrected chi connectivity index (χ1v) is 5.70. The first-order chi connectivity index (χ1) is 8.78. The molecular formula is C14H12FN3. The molecule has 4 heteroatoms. The highest BCUT2D eigenvalue weighted by molar-refractivity contribution is 5.63. The van der Waals surface area contributed by atoms with E-state index < -0.39 is 0 Å². The quantitative estimate of drug-likeness (QED) is 0.749. The monoisotopic (exact) mass is 241 g/mol. The molecule has 0 unspecified atom stereocenters. The summed E-state index contributed by atoms with van der Waals surface area (Å²) in [7, 11) is 0. The van der Waals surface area contributed by atoms with Crippen molar-refractivity contribution in [2.24, 2.45) is 5.73 Å². The molecule has 2 N–H and O–H groups in total. The number of pyridine rings is 1. The fourth-order valence-corrected chi connectivity index (χ4v) is 1.95. The summed E-state index contributed by atoms with van der Waals surface area (Å²) in [6, 6.07) is 10.5. The van der Waals surface area contributed by atoms with Crippen LogP contribution in [0.5, 0.6) is 0 Å². The van der Waals surface area contributed by atoms with E-state index in [2.05, 4.69) is 4.98 Å². The van der Waals surface area contributed by atoms with E-state index in [0.717, 1.165) is 11.2 Å². The minimum atomic E-state index is -0.264. The van der Waals surface area contributed by atoms with Crippen LogP contribution in [-0.2, 0) is 6.54 Å². The Bertz CT molecular complexity index is 703. The van der Waals surface area contributed by atoms with Crippen LogP contribution in [0.4, 0.5) is 4.39 Å². The van der Waals surface area contributed by atoms with E-state index in [0.29, 0.717) is 17.8 Å². The van der Waals surface area contributed by atoms with Crippen LogP contribution >= 0.6 is 0 Å². The molecule has 18 heavy (non-hydrogen) atoms. The number of hydrogen-bond acceptors (Lipinski definition) is 2. The lowest BCUT2D eigenvalue weighted by molar-refractivity contribution is 0.631. The van der Waals surface area contributed by atoms with E-state index in [4.69, 9.17) is 5.73 Å². The molecule has 90 valence electrons. The summed E-state index contributed by atoms with van der Waals surface area (Å²) < 4.78 is 15.5. The Morgan fingerprint density at radius 2 is 2.06 bits per heavy atom. The molecule has 0 aliphatic carbocycles. The molecular weight excluding hydrogens is 229 g/mol. The molecule has 0 aliphatic rings. The number of rotatable bonds is 2. The van der Waals surface area contributed by atoms with Crippen molar-refractivity contribution >= 4 is 5.65 Å². The van der Waals surface area contributed by atoms with Crippen LogP contribution in [0, 0.1) is 5.82 Å². The van der Waals surface area contributed by atoms with Crippen molar-refractivity contribution in [2.75, 3.05) is 0 Å². The summed E-state index contributed by atoms with van der Waals surface area (Å²) in [5.41, 5.74) is 8.50. The first-order valence-electron chi connectivity index (χ1n) is 5.70. The third-order valence-corrected chi connectivity index (χ3v) is 2.91. The summed E-state index contributed by atoms with van der Waals surface area (Å²) in [5, 5.41) is 0.